The Morgan fingerprint density at radius 2 is 1.50 bits per heavy atom. The summed E-state index contributed by atoms with van der Waals surface area (Å²) < 4.78 is 5.17. The van der Waals surface area contributed by atoms with Crippen molar-refractivity contribution in [3.63, 3.8) is 0 Å². The SMILES string of the molecule is COc1ccccc1C(=O)C(C)C(=O)c1ccccc1. The highest BCUT2D eigenvalue weighted by Crippen LogP contribution is 2.22. The average Bonchev–Trinajstić information content (AvgIpc) is 2.53. The molecular weight excluding hydrogens is 252 g/mol. The first kappa shape index (κ1) is 14.0. The maximum atomic E-state index is 12.4. The molecule has 0 radical (unpaired) electrons. The first-order valence-corrected chi connectivity index (χ1v) is 6.41. The Kier molecular flexibility index (Phi) is 4.31. The predicted molar refractivity (Wildman–Crippen MR) is 77.3 cm³/mol. The molecule has 0 spiro atoms. The molecule has 0 bridgehead atoms. The Hall–Kier alpha value is -2.42. The summed E-state index contributed by atoms with van der Waals surface area (Å²) in [5.74, 6) is -0.642. The van der Waals surface area contributed by atoms with Crippen molar-refractivity contribution >= 4 is 11.6 Å². The van der Waals surface area contributed by atoms with Crippen LogP contribution in [0.3, 0.4) is 0 Å². The molecule has 0 saturated carbocycles. The molecule has 3 nitrogen and oxygen atoms in total. The highest BCUT2D eigenvalue weighted by Gasteiger charge is 2.25. The fourth-order valence-electron chi connectivity index (χ4n) is 2.05. The van der Waals surface area contributed by atoms with Gasteiger partial charge in [0.15, 0.2) is 11.6 Å². The van der Waals surface area contributed by atoms with Gasteiger partial charge < -0.3 is 4.74 Å². The first-order chi connectivity index (χ1) is 9.65. The Bertz CT molecular complexity index is 617. The summed E-state index contributed by atoms with van der Waals surface area (Å²) in [6, 6.07) is 15.8. The van der Waals surface area contributed by atoms with E-state index >= 15 is 0 Å². The maximum absolute atomic E-state index is 12.4. The molecule has 0 aliphatic rings. The second-order valence-electron chi connectivity index (χ2n) is 4.52. The van der Waals surface area contributed by atoms with Crippen molar-refractivity contribution < 1.29 is 14.3 Å². The molecule has 102 valence electrons. The molecule has 2 aromatic carbocycles. The highest BCUT2D eigenvalue weighted by molar-refractivity contribution is 6.16. The molecule has 1 unspecified atom stereocenters. The number of ether oxygens (including phenoxy) is 1. The number of hydrogen-bond donors (Lipinski definition) is 0. The number of rotatable bonds is 5. The summed E-state index contributed by atoms with van der Waals surface area (Å²) in [7, 11) is 1.51. The van der Waals surface area contributed by atoms with Crippen LogP contribution in [-0.4, -0.2) is 18.7 Å². The number of carbonyl (C=O) groups excluding carboxylic acids is 2. The average molecular weight is 268 g/mol. The standard InChI is InChI=1S/C17H16O3/c1-12(16(18)13-8-4-3-5-9-13)17(19)14-10-6-7-11-15(14)20-2/h3-12H,1-2H3. The van der Waals surface area contributed by atoms with Gasteiger partial charge in [0, 0.05) is 5.56 Å². The van der Waals surface area contributed by atoms with Gasteiger partial charge in [-0.05, 0) is 19.1 Å². The number of para-hydroxylation sites is 1. The van der Waals surface area contributed by atoms with Gasteiger partial charge in [0.2, 0.25) is 0 Å². The number of carbonyl (C=O) groups is 2. The Morgan fingerprint density at radius 3 is 2.15 bits per heavy atom. The van der Waals surface area contributed by atoms with Crippen LogP contribution < -0.4 is 4.74 Å². The lowest BCUT2D eigenvalue weighted by Gasteiger charge is -2.12. The van der Waals surface area contributed by atoms with Crippen LogP contribution >= 0.6 is 0 Å². The fraction of sp³-hybridized carbons (Fsp3) is 0.176. The van der Waals surface area contributed by atoms with Gasteiger partial charge in [0.25, 0.3) is 0 Å². The van der Waals surface area contributed by atoms with Gasteiger partial charge >= 0.3 is 0 Å². The summed E-state index contributed by atoms with van der Waals surface area (Å²) >= 11 is 0. The van der Waals surface area contributed by atoms with Crippen LogP contribution in [0.25, 0.3) is 0 Å². The molecule has 0 aliphatic heterocycles. The Labute approximate surface area is 118 Å². The molecule has 0 saturated heterocycles. The predicted octanol–water partition coefficient (Wildman–Crippen LogP) is 3.40. The van der Waals surface area contributed by atoms with E-state index < -0.39 is 5.92 Å². The van der Waals surface area contributed by atoms with Crippen LogP contribution in [0.15, 0.2) is 54.6 Å². The van der Waals surface area contributed by atoms with Crippen molar-refractivity contribution in [3.05, 3.63) is 65.7 Å². The quantitative estimate of drug-likeness (QED) is 0.616. The van der Waals surface area contributed by atoms with Gasteiger partial charge in [-0.25, -0.2) is 0 Å². The van der Waals surface area contributed by atoms with E-state index in [1.54, 1.807) is 55.5 Å². The van der Waals surface area contributed by atoms with Crippen LogP contribution in [0.2, 0.25) is 0 Å². The van der Waals surface area contributed by atoms with Crippen LogP contribution in [0.5, 0.6) is 5.75 Å². The number of benzene rings is 2. The van der Waals surface area contributed by atoms with Crippen molar-refractivity contribution in [2.24, 2.45) is 5.92 Å². The van der Waals surface area contributed by atoms with E-state index in [4.69, 9.17) is 4.74 Å². The largest absolute Gasteiger partial charge is 0.496 e. The molecule has 3 heteroatoms. The minimum Gasteiger partial charge on any atom is -0.496 e. The van der Waals surface area contributed by atoms with Crippen molar-refractivity contribution in [1.82, 2.24) is 0 Å². The maximum Gasteiger partial charge on any atom is 0.177 e. The molecular formula is C17H16O3. The van der Waals surface area contributed by atoms with E-state index in [-0.39, 0.29) is 11.6 Å². The fourth-order valence-corrected chi connectivity index (χ4v) is 2.05. The third kappa shape index (κ3) is 2.77. The van der Waals surface area contributed by atoms with Crippen LogP contribution in [0.1, 0.15) is 27.6 Å². The van der Waals surface area contributed by atoms with Crippen LogP contribution in [0.4, 0.5) is 0 Å². The minimum atomic E-state index is -0.728. The topological polar surface area (TPSA) is 43.4 Å². The van der Waals surface area contributed by atoms with Crippen LogP contribution in [0, 0.1) is 5.92 Å². The molecule has 0 aliphatic carbocycles. The van der Waals surface area contributed by atoms with E-state index in [0.29, 0.717) is 16.9 Å². The van der Waals surface area contributed by atoms with Crippen molar-refractivity contribution in [3.8, 4) is 5.75 Å². The van der Waals surface area contributed by atoms with Gasteiger partial charge in [-0.2, -0.15) is 0 Å². The number of methoxy groups -OCH3 is 1. The van der Waals surface area contributed by atoms with Crippen molar-refractivity contribution in [2.75, 3.05) is 7.11 Å². The number of ketones is 2. The summed E-state index contributed by atoms with van der Waals surface area (Å²) in [6.45, 7) is 1.63. The Morgan fingerprint density at radius 1 is 0.900 bits per heavy atom. The van der Waals surface area contributed by atoms with Crippen molar-refractivity contribution in [2.45, 2.75) is 6.92 Å². The lowest BCUT2D eigenvalue weighted by molar-refractivity contribution is 0.0819. The lowest BCUT2D eigenvalue weighted by atomic mass is 9.91. The highest BCUT2D eigenvalue weighted by atomic mass is 16.5. The third-order valence-electron chi connectivity index (χ3n) is 3.22. The zero-order chi connectivity index (χ0) is 14.5. The molecule has 0 heterocycles. The molecule has 2 rings (SSSR count). The summed E-state index contributed by atoms with van der Waals surface area (Å²) in [4.78, 5) is 24.7. The Balaban J connectivity index is 2.27. The van der Waals surface area contributed by atoms with Gasteiger partial charge in [-0.15, -0.1) is 0 Å². The number of hydrogen-bond acceptors (Lipinski definition) is 3. The van der Waals surface area contributed by atoms with Gasteiger partial charge in [-0.3, -0.25) is 9.59 Å². The van der Waals surface area contributed by atoms with Gasteiger partial charge in [0.1, 0.15) is 5.75 Å². The molecule has 0 amide bonds. The molecule has 20 heavy (non-hydrogen) atoms. The van der Waals surface area contributed by atoms with E-state index in [1.807, 2.05) is 6.07 Å². The van der Waals surface area contributed by atoms with E-state index in [0.717, 1.165) is 0 Å². The minimum absolute atomic E-state index is 0.179. The summed E-state index contributed by atoms with van der Waals surface area (Å²) in [5.41, 5.74) is 0.982. The van der Waals surface area contributed by atoms with E-state index in [1.165, 1.54) is 7.11 Å². The lowest BCUT2D eigenvalue weighted by Crippen LogP contribution is -2.21. The smallest absolute Gasteiger partial charge is 0.177 e. The number of Topliss-reactive ketones (excluding diaryl/α,β-unsaturated/α-hetero) is 2. The second-order valence-corrected chi connectivity index (χ2v) is 4.52. The van der Waals surface area contributed by atoms with Gasteiger partial charge in [-0.1, -0.05) is 42.5 Å². The molecule has 0 aromatic heterocycles. The zero-order valence-electron chi connectivity index (χ0n) is 11.5. The van der Waals surface area contributed by atoms with Crippen molar-refractivity contribution in [1.29, 1.82) is 0 Å². The zero-order valence-corrected chi connectivity index (χ0v) is 11.5. The van der Waals surface area contributed by atoms with E-state index in [9.17, 15) is 9.59 Å². The first-order valence-electron chi connectivity index (χ1n) is 6.41. The monoisotopic (exact) mass is 268 g/mol. The van der Waals surface area contributed by atoms with Gasteiger partial charge in [0.05, 0.1) is 18.6 Å². The molecule has 1 atom stereocenters. The summed E-state index contributed by atoms with van der Waals surface area (Å²) in [5, 5.41) is 0. The third-order valence-corrected chi connectivity index (χ3v) is 3.22. The molecule has 2 aromatic rings. The second kappa shape index (κ2) is 6.15. The molecule has 0 fully saturated rings. The molecule has 0 N–H and O–H groups in total. The summed E-state index contributed by atoms with van der Waals surface area (Å²) in [6.07, 6.45) is 0. The normalized spacial score (nSPS) is 11.7. The van der Waals surface area contributed by atoms with Crippen LogP contribution in [-0.2, 0) is 0 Å². The van der Waals surface area contributed by atoms with E-state index in [2.05, 4.69) is 0 Å².